The zero-order chi connectivity index (χ0) is 14.1. The normalized spacial score (nSPS) is 10.8. The van der Waals surface area contributed by atoms with Gasteiger partial charge in [-0.05, 0) is 26.0 Å². The number of aromatic nitrogens is 4. The number of rotatable bonds is 3. The summed E-state index contributed by atoms with van der Waals surface area (Å²) in [6, 6.07) is 9.79. The molecule has 7 heteroatoms. The first-order valence-corrected chi connectivity index (χ1v) is 6.20. The fourth-order valence-electron chi connectivity index (χ4n) is 1.91. The fourth-order valence-corrected chi connectivity index (χ4v) is 1.91. The number of hydrogen-bond acceptors (Lipinski definition) is 6. The van der Waals surface area contributed by atoms with E-state index >= 15 is 0 Å². The molecule has 3 aromatic rings. The molecule has 0 aliphatic heterocycles. The number of fused-ring (bicyclic) bond motifs is 1. The molecular weight excluding hydrogens is 254 g/mol. The summed E-state index contributed by atoms with van der Waals surface area (Å²) in [5.74, 6) is 7.08. The van der Waals surface area contributed by atoms with Crippen LogP contribution in [0.3, 0.4) is 0 Å². The van der Waals surface area contributed by atoms with E-state index < -0.39 is 0 Å². The van der Waals surface area contributed by atoms with Crippen molar-refractivity contribution in [2.45, 2.75) is 13.8 Å². The van der Waals surface area contributed by atoms with Crippen LogP contribution >= 0.6 is 0 Å². The molecule has 4 N–H and O–H groups in total. The first-order valence-electron chi connectivity index (χ1n) is 6.20. The lowest BCUT2D eigenvalue weighted by Crippen LogP contribution is -2.12. The molecule has 102 valence electrons. The Morgan fingerprint density at radius 2 is 1.85 bits per heavy atom. The van der Waals surface area contributed by atoms with Gasteiger partial charge in [0.1, 0.15) is 5.82 Å². The summed E-state index contributed by atoms with van der Waals surface area (Å²) in [5.41, 5.74) is 5.53. The Labute approximate surface area is 115 Å². The van der Waals surface area contributed by atoms with E-state index in [4.69, 9.17) is 5.84 Å². The van der Waals surface area contributed by atoms with E-state index in [1.165, 1.54) is 5.56 Å². The van der Waals surface area contributed by atoms with Gasteiger partial charge in [-0.1, -0.05) is 17.7 Å². The second kappa shape index (κ2) is 4.78. The van der Waals surface area contributed by atoms with Crippen LogP contribution < -0.4 is 16.6 Å². The Bertz CT molecular complexity index is 745. The van der Waals surface area contributed by atoms with E-state index in [1.807, 2.05) is 38.1 Å². The Morgan fingerprint density at radius 1 is 1.10 bits per heavy atom. The van der Waals surface area contributed by atoms with E-state index in [2.05, 4.69) is 25.8 Å². The van der Waals surface area contributed by atoms with Gasteiger partial charge in [-0.25, -0.2) is 10.8 Å². The summed E-state index contributed by atoms with van der Waals surface area (Å²) in [5, 5.41) is 7.47. The number of nitrogen functional groups attached to an aromatic ring is 1. The highest BCUT2D eigenvalue weighted by Crippen LogP contribution is 2.16. The molecule has 0 unspecified atom stereocenters. The molecule has 2 heterocycles. The van der Waals surface area contributed by atoms with E-state index in [9.17, 15) is 0 Å². The van der Waals surface area contributed by atoms with Crippen molar-refractivity contribution >= 4 is 23.2 Å². The molecule has 0 aliphatic carbocycles. The van der Waals surface area contributed by atoms with Crippen LogP contribution in [0.4, 0.5) is 17.5 Å². The largest absolute Gasteiger partial charge is 0.323 e. The number of nitrogens with two attached hydrogens (primary N) is 1. The molecule has 20 heavy (non-hydrogen) atoms. The first-order chi connectivity index (χ1) is 9.65. The van der Waals surface area contributed by atoms with Crippen LogP contribution in [-0.4, -0.2) is 19.6 Å². The van der Waals surface area contributed by atoms with Crippen molar-refractivity contribution in [2.24, 2.45) is 5.84 Å². The van der Waals surface area contributed by atoms with Crippen LogP contribution in [0.25, 0.3) is 5.78 Å². The van der Waals surface area contributed by atoms with Crippen molar-refractivity contribution in [3.8, 4) is 0 Å². The highest BCUT2D eigenvalue weighted by Gasteiger charge is 2.09. The molecule has 0 amide bonds. The van der Waals surface area contributed by atoms with Crippen molar-refractivity contribution in [3.05, 3.63) is 41.6 Å². The molecule has 0 saturated carbocycles. The summed E-state index contributed by atoms with van der Waals surface area (Å²) in [4.78, 5) is 8.65. The van der Waals surface area contributed by atoms with Crippen molar-refractivity contribution in [1.29, 1.82) is 0 Å². The van der Waals surface area contributed by atoms with Gasteiger partial charge >= 0.3 is 0 Å². The molecule has 7 nitrogen and oxygen atoms in total. The Morgan fingerprint density at radius 3 is 2.55 bits per heavy atom. The molecule has 3 rings (SSSR count). The number of nitrogens with one attached hydrogen (secondary N) is 2. The van der Waals surface area contributed by atoms with Crippen LogP contribution in [0.1, 0.15) is 11.3 Å². The Hall–Kier alpha value is -2.67. The molecular formula is C13H15N7. The molecule has 0 bridgehead atoms. The molecule has 0 fully saturated rings. The van der Waals surface area contributed by atoms with Crippen LogP contribution in [0.2, 0.25) is 0 Å². The first kappa shape index (κ1) is 12.4. The lowest BCUT2D eigenvalue weighted by Gasteiger charge is -2.02. The SMILES string of the molecule is Cc1ccc(Nc2nc3nc(C)cc(NN)n3n2)cc1. The predicted octanol–water partition coefficient (Wildman–Crippen LogP) is 1.77. The minimum Gasteiger partial charge on any atom is -0.323 e. The summed E-state index contributed by atoms with van der Waals surface area (Å²) in [7, 11) is 0. The van der Waals surface area contributed by atoms with E-state index in [0.29, 0.717) is 17.5 Å². The molecule has 0 spiro atoms. The predicted molar refractivity (Wildman–Crippen MR) is 77.8 cm³/mol. The standard InChI is InChI=1S/C13H15N7/c1-8-3-5-10(6-4-8)16-12-17-13-15-9(2)7-11(18-14)20(13)19-12/h3-7,18H,14H2,1-2H3,(H,16,19). The number of aryl methyl sites for hydroxylation is 2. The molecule has 0 saturated heterocycles. The van der Waals surface area contributed by atoms with Crippen LogP contribution in [0.15, 0.2) is 30.3 Å². The number of anilines is 3. The number of benzene rings is 1. The van der Waals surface area contributed by atoms with Gasteiger partial charge in [0.05, 0.1) is 0 Å². The summed E-state index contributed by atoms with van der Waals surface area (Å²) in [6.07, 6.45) is 0. The minimum atomic E-state index is 0.475. The van der Waals surface area contributed by atoms with Crippen molar-refractivity contribution in [3.63, 3.8) is 0 Å². The van der Waals surface area contributed by atoms with Gasteiger partial charge in [-0.3, -0.25) is 0 Å². The topological polar surface area (TPSA) is 93.2 Å². The van der Waals surface area contributed by atoms with Crippen LogP contribution in [0.5, 0.6) is 0 Å². The fraction of sp³-hybridized carbons (Fsp3) is 0.154. The van der Waals surface area contributed by atoms with Gasteiger partial charge in [0.2, 0.25) is 5.95 Å². The number of hydrogen-bond donors (Lipinski definition) is 3. The summed E-state index contributed by atoms with van der Waals surface area (Å²) in [6.45, 7) is 3.92. The van der Waals surface area contributed by atoms with Gasteiger partial charge < -0.3 is 10.7 Å². The number of hydrazine groups is 1. The summed E-state index contributed by atoms with van der Waals surface area (Å²) >= 11 is 0. The van der Waals surface area contributed by atoms with Crippen LogP contribution in [-0.2, 0) is 0 Å². The molecule has 0 aliphatic rings. The smallest absolute Gasteiger partial charge is 0.256 e. The van der Waals surface area contributed by atoms with Crippen molar-refractivity contribution in [2.75, 3.05) is 10.7 Å². The second-order valence-electron chi connectivity index (χ2n) is 4.57. The quantitative estimate of drug-likeness (QED) is 0.495. The van der Waals surface area contributed by atoms with E-state index in [-0.39, 0.29) is 0 Å². The zero-order valence-electron chi connectivity index (χ0n) is 11.3. The van der Waals surface area contributed by atoms with Crippen molar-refractivity contribution < 1.29 is 0 Å². The van der Waals surface area contributed by atoms with E-state index in [1.54, 1.807) is 10.6 Å². The molecule has 0 radical (unpaired) electrons. The Kier molecular flexibility index (Phi) is 2.96. The van der Waals surface area contributed by atoms with Gasteiger partial charge in [0.15, 0.2) is 0 Å². The number of nitrogens with zero attached hydrogens (tertiary/aromatic N) is 4. The maximum atomic E-state index is 5.48. The van der Waals surface area contributed by atoms with Crippen molar-refractivity contribution in [1.82, 2.24) is 19.6 Å². The lowest BCUT2D eigenvalue weighted by atomic mass is 10.2. The highest BCUT2D eigenvalue weighted by atomic mass is 15.4. The summed E-state index contributed by atoms with van der Waals surface area (Å²) < 4.78 is 1.56. The maximum absolute atomic E-state index is 5.48. The highest BCUT2D eigenvalue weighted by molar-refractivity contribution is 5.56. The maximum Gasteiger partial charge on any atom is 0.256 e. The molecule has 0 atom stereocenters. The molecule has 1 aromatic carbocycles. The van der Waals surface area contributed by atoms with Gasteiger partial charge in [-0.15, -0.1) is 5.10 Å². The average molecular weight is 269 g/mol. The Balaban J connectivity index is 1.98. The third-order valence-corrected chi connectivity index (χ3v) is 2.90. The zero-order valence-corrected chi connectivity index (χ0v) is 11.3. The van der Waals surface area contributed by atoms with Gasteiger partial charge in [0.25, 0.3) is 5.78 Å². The third-order valence-electron chi connectivity index (χ3n) is 2.90. The average Bonchev–Trinajstić information content (AvgIpc) is 2.82. The van der Waals surface area contributed by atoms with E-state index in [0.717, 1.165) is 11.4 Å². The monoisotopic (exact) mass is 269 g/mol. The van der Waals surface area contributed by atoms with Gasteiger partial charge in [-0.2, -0.15) is 9.50 Å². The van der Waals surface area contributed by atoms with Gasteiger partial charge in [0, 0.05) is 17.4 Å². The lowest BCUT2D eigenvalue weighted by molar-refractivity contribution is 0.929. The third kappa shape index (κ3) is 2.26. The minimum absolute atomic E-state index is 0.475. The molecule has 2 aromatic heterocycles. The second-order valence-corrected chi connectivity index (χ2v) is 4.57. The van der Waals surface area contributed by atoms with Crippen LogP contribution in [0, 0.1) is 13.8 Å².